The molecule has 1 aliphatic carbocycles. The quantitative estimate of drug-likeness (QED) is 0.519. The number of hydrogen-bond donors (Lipinski definition) is 0. The smallest absolute Gasteiger partial charge is 0.142 e. The molecule has 0 saturated heterocycles. The molecule has 0 aromatic heterocycles. The molecule has 0 unspecified atom stereocenters. The van der Waals surface area contributed by atoms with Crippen molar-refractivity contribution in [1.29, 1.82) is 0 Å². The molecule has 126 valence electrons. The largest absolute Gasteiger partial charge is 0.391 e. The van der Waals surface area contributed by atoms with Gasteiger partial charge in [0.15, 0.2) is 0 Å². The van der Waals surface area contributed by atoms with Gasteiger partial charge in [-0.15, -0.1) is 0 Å². The van der Waals surface area contributed by atoms with Crippen LogP contribution in [-0.2, 0) is 11.4 Å². The third kappa shape index (κ3) is 4.40. The molecule has 1 saturated carbocycles. The summed E-state index contributed by atoms with van der Waals surface area (Å²) < 4.78 is 26.3. The summed E-state index contributed by atoms with van der Waals surface area (Å²) in [5.74, 6) is -0.640. The van der Waals surface area contributed by atoms with E-state index in [1.54, 1.807) is 6.21 Å². The highest BCUT2D eigenvalue weighted by Crippen LogP contribution is 2.33. The van der Waals surface area contributed by atoms with Gasteiger partial charge in [-0.3, -0.25) is 0 Å². The number of oxime groups is 1. The standard InChI is InChI=1S/C20H21F2NO/c21-18-10-15(11-19(22)12-18)14-24-23-13-17-8-4-5-9-20(17)16-6-2-1-3-7-16/h4-5,8-13,16H,1-3,6-7,14H2. The van der Waals surface area contributed by atoms with Crippen molar-refractivity contribution >= 4 is 6.21 Å². The maximum absolute atomic E-state index is 13.1. The van der Waals surface area contributed by atoms with Crippen LogP contribution in [0.25, 0.3) is 0 Å². The summed E-state index contributed by atoms with van der Waals surface area (Å²) >= 11 is 0. The predicted molar refractivity (Wildman–Crippen MR) is 91.0 cm³/mol. The molecule has 0 radical (unpaired) electrons. The summed E-state index contributed by atoms with van der Waals surface area (Å²) in [5.41, 5.74) is 2.78. The van der Waals surface area contributed by atoms with Crippen LogP contribution in [0.4, 0.5) is 8.78 Å². The second kappa shape index (κ2) is 8.04. The average molecular weight is 329 g/mol. The van der Waals surface area contributed by atoms with E-state index in [-0.39, 0.29) is 6.61 Å². The van der Waals surface area contributed by atoms with Crippen LogP contribution in [0.2, 0.25) is 0 Å². The minimum Gasteiger partial charge on any atom is -0.391 e. The van der Waals surface area contributed by atoms with Gasteiger partial charge in [0.05, 0.1) is 6.21 Å². The Bertz CT molecular complexity index is 688. The van der Waals surface area contributed by atoms with Gasteiger partial charge in [0.2, 0.25) is 0 Å². The van der Waals surface area contributed by atoms with E-state index in [9.17, 15) is 8.78 Å². The minimum atomic E-state index is -0.611. The molecule has 0 spiro atoms. The third-order valence-corrected chi connectivity index (χ3v) is 4.46. The lowest BCUT2D eigenvalue weighted by Crippen LogP contribution is -2.07. The molecule has 3 rings (SSSR count). The van der Waals surface area contributed by atoms with Crippen molar-refractivity contribution in [1.82, 2.24) is 0 Å². The van der Waals surface area contributed by atoms with Gasteiger partial charge in [0.25, 0.3) is 0 Å². The first-order chi connectivity index (χ1) is 11.7. The fraction of sp³-hybridized carbons (Fsp3) is 0.350. The molecule has 0 atom stereocenters. The van der Waals surface area contributed by atoms with E-state index in [2.05, 4.69) is 17.3 Å². The van der Waals surface area contributed by atoms with Crippen molar-refractivity contribution in [3.8, 4) is 0 Å². The first-order valence-electron chi connectivity index (χ1n) is 8.41. The first-order valence-corrected chi connectivity index (χ1v) is 8.41. The molecule has 2 aromatic carbocycles. The number of benzene rings is 2. The molecule has 4 heteroatoms. The van der Waals surface area contributed by atoms with Crippen LogP contribution in [-0.4, -0.2) is 6.21 Å². The second-order valence-corrected chi connectivity index (χ2v) is 6.25. The van der Waals surface area contributed by atoms with Crippen LogP contribution in [0.15, 0.2) is 47.6 Å². The Morgan fingerprint density at radius 2 is 1.71 bits per heavy atom. The molecule has 0 heterocycles. The summed E-state index contributed by atoms with van der Waals surface area (Å²) in [6.45, 7) is 0.0385. The van der Waals surface area contributed by atoms with E-state index in [4.69, 9.17) is 4.84 Å². The Morgan fingerprint density at radius 1 is 1.00 bits per heavy atom. The van der Waals surface area contributed by atoms with E-state index < -0.39 is 11.6 Å². The highest BCUT2D eigenvalue weighted by molar-refractivity contribution is 5.81. The van der Waals surface area contributed by atoms with Crippen LogP contribution in [0.3, 0.4) is 0 Å². The van der Waals surface area contributed by atoms with E-state index in [1.807, 2.05) is 12.1 Å². The monoisotopic (exact) mass is 329 g/mol. The van der Waals surface area contributed by atoms with Gasteiger partial charge < -0.3 is 4.84 Å². The van der Waals surface area contributed by atoms with Crippen LogP contribution >= 0.6 is 0 Å². The van der Waals surface area contributed by atoms with Crippen molar-refractivity contribution < 1.29 is 13.6 Å². The topological polar surface area (TPSA) is 21.6 Å². The average Bonchev–Trinajstić information content (AvgIpc) is 2.59. The zero-order valence-electron chi connectivity index (χ0n) is 13.6. The maximum Gasteiger partial charge on any atom is 0.142 e. The Morgan fingerprint density at radius 3 is 2.46 bits per heavy atom. The molecule has 0 amide bonds. The Balaban J connectivity index is 1.64. The van der Waals surface area contributed by atoms with Gasteiger partial charge in [0, 0.05) is 6.07 Å². The van der Waals surface area contributed by atoms with Gasteiger partial charge >= 0.3 is 0 Å². The lowest BCUT2D eigenvalue weighted by atomic mass is 9.82. The fourth-order valence-electron chi connectivity index (χ4n) is 3.31. The van der Waals surface area contributed by atoms with E-state index in [0.29, 0.717) is 11.5 Å². The second-order valence-electron chi connectivity index (χ2n) is 6.25. The minimum absolute atomic E-state index is 0.0385. The molecule has 1 fully saturated rings. The SMILES string of the molecule is Fc1cc(F)cc(CON=Cc2ccccc2C2CCCCC2)c1. The summed E-state index contributed by atoms with van der Waals surface area (Å²) in [7, 11) is 0. The van der Waals surface area contributed by atoms with Crippen molar-refractivity contribution in [2.24, 2.45) is 5.16 Å². The summed E-state index contributed by atoms with van der Waals surface area (Å²) in [6.07, 6.45) is 8.00. The molecule has 2 nitrogen and oxygen atoms in total. The van der Waals surface area contributed by atoms with Gasteiger partial charge in [-0.1, -0.05) is 48.7 Å². The highest BCUT2D eigenvalue weighted by Gasteiger charge is 2.17. The summed E-state index contributed by atoms with van der Waals surface area (Å²) in [6, 6.07) is 11.5. The maximum atomic E-state index is 13.1. The summed E-state index contributed by atoms with van der Waals surface area (Å²) in [5, 5.41) is 3.98. The van der Waals surface area contributed by atoms with Crippen LogP contribution < -0.4 is 0 Å². The van der Waals surface area contributed by atoms with Crippen LogP contribution in [0, 0.1) is 11.6 Å². The molecular weight excluding hydrogens is 308 g/mol. The number of hydrogen-bond acceptors (Lipinski definition) is 2. The highest BCUT2D eigenvalue weighted by atomic mass is 19.1. The van der Waals surface area contributed by atoms with Gasteiger partial charge in [-0.25, -0.2) is 8.78 Å². The Hall–Kier alpha value is -2.23. The first kappa shape index (κ1) is 16.6. The van der Waals surface area contributed by atoms with Crippen molar-refractivity contribution in [2.45, 2.75) is 44.6 Å². The lowest BCUT2D eigenvalue weighted by Gasteiger charge is -2.23. The third-order valence-electron chi connectivity index (χ3n) is 4.46. The van der Waals surface area contributed by atoms with E-state index >= 15 is 0 Å². The van der Waals surface area contributed by atoms with Crippen molar-refractivity contribution in [3.05, 3.63) is 70.8 Å². The lowest BCUT2D eigenvalue weighted by molar-refractivity contribution is 0.131. The summed E-state index contributed by atoms with van der Waals surface area (Å²) in [4.78, 5) is 5.21. The number of halogens is 2. The zero-order valence-corrected chi connectivity index (χ0v) is 13.6. The Kier molecular flexibility index (Phi) is 5.57. The van der Waals surface area contributed by atoms with Crippen molar-refractivity contribution in [3.63, 3.8) is 0 Å². The molecule has 1 aliphatic rings. The molecule has 2 aromatic rings. The molecular formula is C20H21F2NO. The Labute approximate surface area is 141 Å². The number of nitrogens with zero attached hydrogens (tertiary/aromatic N) is 1. The molecule has 0 bridgehead atoms. The van der Waals surface area contributed by atoms with Gasteiger partial charge in [-0.2, -0.15) is 0 Å². The van der Waals surface area contributed by atoms with Crippen LogP contribution in [0.1, 0.15) is 54.7 Å². The molecule has 0 N–H and O–H groups in total. The van der Waals surface area contributed by atoms with E-state index in [1.165, 1.54) is 49.8 Å². The fourth-order valence-corrected chi connectivity index (χ4v) is 3.31. The number of rotatable bonds is 5. The predicted octanol–water partition coefficient (Wildman–Crippen LogP) is 5.56. The normalized spacial score (nSPS) is 15.8. The molecule has 0 aliphatic heterocycles. The zero-order chi connectivity index (χ0) is 16.8. The molecule has 24 heavy (non-hydrogen) atoms. The van der Waals surface area contributed by atoms with Crippen molar-refractivity contribution in [2.75, 3.05) is 0 Å². The van der Waals surface area contributed by atoms with E-state index in [0.717, 1.165) is 11.6 Å². The van der Waals surface area contributed by atoms with Gasteiger partial charge in [-0.05, 0) is 47.6 Å². The van der Waals surface area contributed by atoms with Gasteiger partial charge in [0.1, 0.15) is 18.2 Å². The van der Waals surface area contributed by atoms with Crippen LogP contribution in [0.5, 0.6) is 0 Å².